The summed E-state index contributed by atoms with van der Waals surface area (Å²) >= 11 is 0. The Labute approximate surface area is 116 Å². The number of aromatic amines is 1. The van der Waals surface area contributed by atoms with Crippen LogP contribution in [0.3, 0.4) is 0 Å². The Morgan fingerprint density at radius 1 is 1.45 bits per heavy atom. The molecule has 0 spiro atoms. The van der Waals surface area contributed by atoms with Crippen molar-refractivity contribution in [1.29, 1.82) is 0 Å². The molecule has 2 heterocycles. The molecule has 1 atom stereocenters. The maximum Gasteiger partial charge on any atom is 0.271 e. The van der Waals surface area contributed by atoms with Crippen LogP contribution in [0.15, 0.2) is 12.3 Å². The maximum absolute atomic E-state index is 12.4. The molecule has 4 N–H and O–H groups in total. The highest BCUT2D eigenvalue weighted by molar-refractivity contribution is 5.97. The van der Waals surface area contributed by atoms with E-state index in [1.807, 2.05) is 0 Å². The topological polar surface area (TPSA) is 100 Å². The summed E-state index contributed by atoms with van der Waals surface area (Å²) in [5.74, 6) is -0.360. The lowest BCUT2D eigenvalue weighted by Crippen LogP contribution is -2.56. The normalized spacial score (nSPS) is 22.6. The summed E-state index contributed by atoms with van der Waals surface area (Å²) in [5, 5.41) is 2.92. The van der Waals surface area contributed by atoms with Crippen molar-refractivity contribution >= 4 is 17.5 Å². The number of anilines is 1. The summed E-state index contributed by atoms with van der Waals surface area (Å²) in [6.07, 6.45) is 3.59. The van der Waals surface area contributed by atoms with Gasteiger partial charge in [0, 0.05) is 24.5 Å². The number of nitrogen functional groups attached to an aromatic ring is 1. The van der Waals surface area contributed by atoms with Crippen molar-refractivity contribution < 1.29 is 14.3 Å². The lowest BCUT2D eigenvalue weighted by Gasteiger charge is -2.34. The van der Waals surface area contributed by atoms with Crippen LogP contribution < -0.4 is 11.1 Å². The smallest absolute Gasteiger partial charge is 0.271 e. The third-order valence-corrected chi connectivity index (χ3v) is 3.55. The molecule has 0 aromatic carbocycles. The van der Waals surface area contributed by atoms with Crippen molar-refractivity contribution in [2.45, 2.75) is 24.9 Å². The SMILES string of the molecule is Nc1c[nH]c(C(=O)N2CCOCC2C(=O)NC2CC2)c1. The van der Waals surface area contributed by atoms with Gasteiger partial charge < -0.3 is 25.7 Å². The highest BCUT2D eigenvalue weighted by Gasteiger charge is 2.36. The fraction of sp³-hybridized carbons (Fsp3) is 0.538. The summed E-state index contributed by atoms with van der Waals surface area (Å²) in [6.45, 7) is 1.08. The van der Waals surface area contributed by atoms with Crippen LogP contribution in [-0.4, -0.2) is 53.5 Å². The molecule has 2 amide bonds. The number of hydrogen-bond donors (Lipinski definition) is 3. The molecule has 0 bridgehead atoms. The number of hydrogen-bond acceptors (Lipinski definition) is 4. The van der Waals surface area contributed by atoms with E-state index in [-0.39, 0.29) is 24.5 Å². The highest BCUT2D eigenvalue weighted by Crippen LogP contribution is 2.20. The molecule has 108 valence electrons. The summed E-state index contributed by atoms with van der Waals surface area (Å²) in [4.78, 5) is 29.0. The molecule has 0 radical (unpaired) electrons. The molecule has 3 rings (SSSR count). The Morgan fingerprint density at radius 2 is 2.25 bits per heavy atom. The van der Waals surface area contributed by atoms with Crippen LogP contribution in [0.5, 0.6) is 0 Å². The van der Waals surface area contributed by atoms with E-state index in [1.54, 1.807) is 17.2 Å². The minimum absolute atomic E-state index is 0.139. The first kappa shape index (κ1) is 13.0. The number of ether oxygens (including phenoxy) is 1. The molecule has 7 heteroatoms. The first-order valence-corrected chi connectivity index (χ1v) is 6.78. The minimum atomic E-state index is -0.568. The molecule has 1 aromatic rings. The zero-order valence-electron chi connectivity index (χ0n) is 11.1. The van der Waals surface area contributed by atoms with Crippen LogP contribution >= 0.6 is 0 Å². The molecule has 20 heavy (non-hydrogen) atoms. The van der Waals surface area contributed by atoms with Gasteiger partial charge in [0.2, 0.25) is 5.91 Å². The fourth-order valence-corrected chi connectivity index (χ4v) is 2.28. The third-order valence-electron chi connectivity index (χ3n) is 3.55. The average molecular weight is 278 g/mol. The molecule has 7 nitrogen and oxygen atoms in total. The van der Waals surface area contributed by atoms with Gasteiger partial charge in [-0.2, -0.15) is 0 Å². The van der Waals surface area contributed by atoms with E-state index in [4.69, 9.17) is 10.5 Å². The predicted octanol–water partition coefficient (Wildman–Crippen LogP) is -0.284. The molecule has 2 aliphatic rings. The van der Waals surface area contributed by atoms with E-state index >= 15 is 0 Å². The van der Waals surface area contributed by atoms with E-state index in [9.17, 15) is 9.59 Å². The van der Waals surface area contributed by atoms with Crippen LogP contribution in [-0.2, 0) is 9.53 Å². The number of nitrogens with one attached hydrogen (secondary N) is 2. The van der Waals surface area contributed by atoms with Crippen molar-refractivity contribution in [3.8, 4) is 0 Å². The van der Waals surface area contributed by atoms with Gasteiger partial charge in [0.25, 0.3) is 5.91 Å². The second-order valence-electron chi connectivity index (χ2n) is 5.22. The van der Waals surface area contributed by atoms with Gasteiger partial charge >= 0.3 is 0 Å². The number of aromatic nitrogens is 1. The maximum atomic E-state index is 12.4. The Hall–Kier alpha value is -2.02. The second kappa shape index (κ2) is 5.16. The highest BCUT2D eigenvalue weighted by atomic mass is 16.5. The van der Waals surface area contributed by atoms with E-state index < -0.39 is 6.04 Å². The van der Waals surface area contributed by atoms with Gasteiger partial charge in [0.05, 0.1) is 13.2 Å². The molecule has 1 aliphatic heterocycles. The van der Waals surface area contributed by atoms with Crippen molar-refractivity contribution in [1.82, 2.24) is 15.2 Å². The molecular weight excluding hydrogens is 260 g/mol. The zero-order valence-corrected chi connectivity index (χ0v) is 11.1. The van der Waals surface area contributed by atoms with Crippen LogP contribution in [0.2, 0.25) is 0 Å². The largest absolute Gasteiger partial charge is 0.397 e. The van der Waals surface area contributed by atoms with E-state index in [2.05, 4.69) is 10.3 Å². The van der Waals surface area contributed by atoms with Crippen LogP contribution in [0, 0.1) is 0 Å². The number of nitrogens with zero attached hydrogens (tertiary/aromatic N) is 1. The van der Waals surface area contributed by atoms with Gasteiger partial charge in [-0.05, 0) is 18.9 Å². The molecule has 1 aromatic heterocycles. The number of carbonyl (C=O) groups excluding carboxylic acids is 2. The Bertz CT molecular complexity index is 523. The van der Waals surface area contributed by atoms with Gasteiger partial charge in [0.15, 0.2) is 0 Å². The third kappa shape index (κ3) is 2.62. The lowest BCUT2D eigenvalue weighted by molar-refractivity contribution is -0.130. The lowest BCUT2D eigenvalue weighted by atomic mass is 10.2. The summed E-state index contributed by atoms with van der Waals surface area (Å²) in [6, 6.07) is 1.28. The molecule has 2 fully saturated rings. The molecule has 1 unspecified atom stereocenters. The predicted molar refractivity (Wildman–Crippen MR) is 72.0 cm³/mol. The number of nitrogens with two attached hydrogens (primary N) is 1. The van der Waals surface area contributed by atoms with Crippen molar-refractivity contribution in [2.24, 2.45) is 0 Å². The van der Waals surface area contributed by atoms with Crippen molar-refractivity contribution in [3.63, 3.8) is 0 Å². The van der Waals surface area contributed by atoms with Gasteiger partial charge in [-0.15, -0.1) is 0 Å². The zero-order chi connectivity index (χ0) is 14.1. The van der Waals surface area contributed by atoms with Crippen LogP contribution in [0.1, 0.15) is 23.3 Å². The Morgan fingerprint density at radius 3 is 2.90 bits per heavy atom. The van der Waals surface area contributed by atoms with E-state index in [1.165, 1.54) is 0 Å². The summed E-state index contributed by atoms with van der Waals surface area (Å²) in [7, 11) is 0. The molecular formula is C13H18N4O3. The number of carbonyl (C=O) groups is 2. The minimum Gasteiger partial charge on any atom is -0.397 e. The second-order valence-corrected chi connectivity index (χ2v) is 5.22. The van der Waals surface area contributed by atoms with Gasteiger partial charge in [-0.25, -0.2) is 0 Å². The number of morpholine rings is 1. The Balaban J connectivity index is 1.73. The monoisotopic (exact) mass is 278 g/mol. The number of H-pyrrole nitrogens is 1. The van der Waals surface area contributed by atoms with Gasteiger partial charge in [-0.3, -0.25) is 9.59 Å². The van der Waals surface area contributed by atoms with Crippen LogP contribution in [0.4, 0.5) is 5.69 Å². The van der Waals surface area contributed by atoms with Crippen LogP contribution in [0.25, 0.3) is 0 Å². The Kier molecular flexibility index (Phi) is 3.35. The average Bonchev–Trinajstić information content (AvgIpc) is 3.16. The van der Waals surface area contributed by atoms with E-state index in [0.29, 0.717) is 24.5 Å². The molecule has 1 aliphatic carbocycles. The van der Waals surface area contributed by atoms with E-state index in [0.717, 1.165) is 12.8 Å². The number of rotatable bonds is 3. The quantitative estimate of drug-likeness (QED) is 0.707. The fourth-order valence-electron chi connectivity index (χ4n) is 2.28. The van der Waals surface area contributed by atoms with Gasteiger partial charge in [-0.1, -0.05) is 0 Å². The number of amides is 2. The molecule has 1 saturated heterocycles. The standard InChI is InChI=1S/C13H18N4O3/c14-8-5-10(15-6-8)13(19)17-3-4-20-7-11(17)12(18)16-9-1-2-9/h5-6,9,11,15H,1-4,7,14H2,(H,16,18). The summed E-state index contributed by atoms with van der Waals surface area (Å²) in [5.41, 5.74) is 6.51. The van der Waals surface area contributed by atoms with Gasteiger partial charge in [0.1, 0.15) is 11.7 Å². The first-order valence-electron chi connectivity index (χ1n) is 6.78. The van der Waals surface area contributed by atoms with Crippen molar-refractivity contribution in [2.75, 3.05) is 25.5 Å². The summed E-state index contributed by atoms with van der Waals surface area (Å²) < 4.78 is 5.34. The molecule has 1 saturated carbocycles. The first-order chi connectivity index (χ1) is 9.65. The van der Waals surface area contributed by atoms with Crippen molar-refractivity contribution in [3.05, 3.63) is 18.0 Å².